The SMILES string of the molecule is CCCCCCC1=NN(C(=O)C(=O)Nc2ccc(OC)cc2)[C@@](O)(C(F)(F)F)C1. The lowest BCUT2D eigenvalue weighted by atomic mass is 10.0. The average Bonchev–Trinajstić information content (AvgIpc) is 3.03. The lowest BCUT2D eigenvalue weighted by Crippen LogP contribution is -2.58. The molecule has 0 saturated heterocycles. The van der Waals surface area contributed by atoms with Gasteiger partial charge in [0.05, 0.1) is 7.11 Å². The van der Waals surface area contributed by atoms with Crippen LogP contribution in [0.4, 0.5) is 18.9 Å². The molecule has 0 aliphatic carbocycles. The summed E-state index contributed by atoms with van der Waals surface area (Å²) in [5.41, 5.74) is -3.32. The Balaban J connectivity index is 2.15. The summed E-state index contributed by atoms with van der Waals surface area (Å²) in [5, 5.41) is 15.9. The van der Waals surface area contributed by atoms with Crippen molar-refractivity contribution in [1.82, 2.24) is 5.01 Å². The van der Waals surface area contributed by atoms with Crippen LogP contribution < -0.4 is 10.1 Å². The minimum Gasteiger partial charge on any atom is -0.497 e. The predicted molar refractivity (Wildman–Crippen MR) is 100 cm³/mol. The van der Waals surface area contributed by atoms with Gasteiger partial charge in [0.1, 0.15) is 5.75 Å². The number of aliphatic hydroxyl groups is 1. The van der Waals surface area contributed by atoms with Gasteiger partial charge >= 0.3 is 18.0 Å². The Morgan fingerprint density at radius 1 is 1.24 bits per heavy atom. The third kappa shape index (κ3) is 5.26. The molecule has 2 amide bonds. The van der Waals surface area contributed by atoms with Crippen LogP contribution in [-0.2, 0) is 9.59 Å². The summed E-state index contributed by atoms with van der Waals surface area (Å²) in [4.78, 5) is 24.6. The van der Waals surface area contributed by atoms with E-state index in [4.69, 9.17) is 4.74 Å². The Bertz CT molecular complexity index is 765. The third-order valence-corrected chi connectivity index (χ3v) is 4.55. The maximum absolute atomic E-state index is 13.5. The van der Waals surface area contributed by atoms with E-state index in [2.05, 4.69) is 10.4 Å². The van der Waals surface area contributed by atoms with Crippen LogP contribution >= 0.6 is 0 Å². The zero-order valence-corrected chi connectivity index (χ0v) is 16.3. The van der Waals surface area contributed by atoms with Gasteiger partial charge in [-0.05, 0) is 37.1 Å². The number of halogens is 3. The molecule has 2 N–H and O–H groups in total. The zero-order valence-electron chi connectivity index (χ0n) is 16.3. The third-order valence-electron chi connectivity index (χ3n) is 4.55. The van der Waals surface area contributed by atoms with Gasteiger partial charge in [0, 0.05) is 17.8 Å². The molecular weight excluding hydrogens is 391 g/mol. The van der Waals surface area contributed by atoms with E-state index in [0.29, 0.717) is 12.2 Å². The molecule has 1 aromatic rings. The molecule has 0 radical (unpaired) electrons. The van der Waals surface area contributed by atoms with E-state index < -0.39 is 30.1 Å². The van der Waals surface area contributed by atoms with Crippen molar-refractivity contribution in [3.05, 3.63) is 24.3 Å². The van der Waals surface area contributed by atoms with Crippen LogP contribution in [0.5, 0.6) is 5.75 Å². The van der Waals surface area contributed by atoms with Crippen molar-refractivity contribution >= 4 is 23.2 Å². The smallest absolute Gasteiger partial charge is 0.438 e. The fraction of sp³-hybridized carbons (Fsp3) is 0.526. The summed E-state index contributed by atoms with van der Waals surface area (Å²) >= 11 is 0. The number of nitrogens with one attached hydrogen (secondary N) is 1. The highest BCUT2D eigenvalue weighted by molar-refractivity contribution is 6.39. The Kier molecular flexibility index (Phi) is 7.23. The van der Waals surface area contributed by atoms with Crippen molar-refractivity contribution in [2.75, 3.05) is 12.4 Å². The minimum atomic E-state index is -5.17. The van der Waals surface area contributed by atoms with Gasteiger partial charge in [-0.25, -0.2) is 0 Å². The molecule has 0 fully saturated rings. The van der Waals surface area contributed by atoms with Crippen molar-refractivity contribution < 1.29 is 32.6 Å². The first kappa shape index (κ1) is 22.7. The van der Waals surface area contributed by atoms with Crippen molar-refractivity contribution in [2.24, 2.45) is 5.10 Å². The quantitative estimate of drug-likeness (QED) is 0.527. The highest BCUT2D eigenvalue weighted by atomic mass is 19.4. The van der Waals surface area contributed by atoms with Crippen molar-refractivity contribution in [3.63, 3.8) is 0 Å². The Morgan fingerprint density at radius 2 is 1.90 bits per heavy atom. The number of hydrogen-bond acceptors (Lipinski definition) is 5. The number of methoxy groups -OCH3 is 1. The van der Waals surface area contributed by atoms with Crippen LogP contribution in [0, 0.1) is 0 Å². The zero-order chi connectivity index (χ0) is 21.7. The normalized spacial score (nSPS) is 19.1. The second-order valence-corrected chi connectivity index (χ2v) is 6.77. The molecule has 0 bridgehead atoms. The molecular formula is C19H24F3N3O4. The minimum absolute atomic E-state index is 0.0338. The second-order valence-electron chi connectivity index (χ2n) is 6.77. The van der Waals surface area contributed by atoms with Crippen LogP contribution in [0.25, 0.3) is 0 Å². The van der Waals surface area contributed by atoms with E-state index in [0.717, 1.165) is 19.3 Å². The monoisotopic (exact) mass is 415 g/mol. The number of alkyl halides is 3. The van der Waals surface area contributed by atoms with Gasteiger partial charge in [0.2, 0.25) is 0 Å². The molecule has 1 atom stereocenters. The highest BCUT2D eigenvalue weighted by Crippen LogP contribution is 2.41. The summed E-state index contributed by atoms with van der Waals surface area (Å²) < 4.78 is 45.4. The molecule has 2 rings (SSSR count). The summed E-state index contributed by atoms with van der Waals surface area (Å²) in [6, 6.07) is 5.86. The molecule has 29 heavy (non-hydrogen) atoms. The van der Waals surface area contributed by atoms with Gasteiger partial charge in [0.25, 0.3) is 5.72 Å². The lowest BCUT2D eigenvalue weighted by molar-refractivity contribution is -0.301. The molecule has 0 unspecified atom stereocenters. The summed E-state index contributed by atoms with van der Waals surface area (Å²) in [5.74, 6) is -2.43. The van der Waals surface area contributed by atoms with Gasteiger partial charge in [0.15, 0.2) is 0 Å². The number of nitrogens with zero attached hydrogens (tertiary/aromatic N) is 2. The van der Waals surface area contributed by atoms with Crippen LogP contribution in [0.2, 0.25) is 0 Å². The van der Waals surface area contributed by atoms with Gasteiger partial charge in [-0.3, -0.25) is 9.59 Å². The summed E-state index contributed by atoms with van der Waals surface area (Å²) in [7, 11) is 1.44. The molecule has 1 aliphatic heterocycles. The molecule has 1 aromatic carbocycles. The number of carbonyl (C=O) groups excluding carboxylic acids is 2. The average molecular weight is 415 g/mol. The number of amides is 2. The summed E-state index contributed by atoms with van der Waals surface area (Å²) in [6.45, 7) is 2.00. The van der Waals surface area contributed by atoms with Crippen LogP contribution in [0.1, 0.15) is 45.4 Å². The standard InChI is InChI=1S/C19H24F3N3O4/c1-3-4-5-6-7-14-12-18(28,19(20,21)22)25(24-14)17(27)16(26)23-13-8-10-15(29-2)11-9-13/h8-11,28H,3-7,12H2,1-2H3,(H,23,26)/t18-/m0/s1. The van der Waals surface area contributed by atoms with E-state index >= 15 is 0 Å². The number of hydrazone groups is 1. The summed E-state index contributed by atoms with van der Waals surface area (Å²) in [6.07, 6.45) is -2.57. The maximum Gasteiger partial charge on any atom is 0.438 e. The first-order valence-corrected chi connectivity index (χ1v) is 9.27. The second kappa shape index (κ2) is 9.25. The number of carbonyl (C=O) groups is 2. The molecule has 1 aliphatic rings. The maximum atomic E-state index is 13.5. The fourth-order valence-electron chi connectivity index (χ4n) is 2.90. The molecule has 0 saturated carbocycles. The molecule has 0 aromatic heterocycles. The van der Waals surface area contributed by atoms with Crippen molar-refractivity contribution in [1.29, 1.82) is 0 Å². The molecule has 7 nitrogen and oxygen atoms in total. The number of unbranched alkanes of at least 4 members (excludes halogenated alkanes) is 3. The predicted octanol–water partition coefficient (Wildman–Crippen LogP) is 3.44. The fourth-order valence-corrected chi connectivity index (χ4v) is 2.90. The molecule has 0 spiro atoms. The van der Waals surface area contributed by atoms with E-state index in [1.54, 1.807) is 0 Å². The van der Waals surface area contributed by atoms with Gasteiger partial charge in [-0.15, -0.1) is 0 Å². The lowest BCUT2D eigenvalue weighted by Gasteiger charge is -2.32. The van der Waals surface area contributed by atoms with Crippen LogP contribution in [0.3, 0.4) is 0 Å². The van der Waals surface area contributed by atoms with Gasteiger partial charge in [-0.1, -0.05) is 26.2 Å². The largest absolute Gasteiger partial charge is 0.497 e. The molecule has 10 heteroatoms. The van der Waals surface area contributed by atoms with E-state index in [1.807, 2.05) is 6.92 Å². The topological polar surface area (TPSA) is 91.2 Å². The van der Waals surface area contributed by atoms with E-state index in [9.17, 15) is 27.9 Å². The van der Waals surface area contributed by atoms with E-state index in [-0.39, 0.29) is 22.8 Å². The first-order chi connectivity index (χ1) is 13.6. The van der Waals surface area contributed by atoms with Gasteiger partial charge < -0.3 is 15.2 Å². The van der Waals surface area contributed by atoms with Gasteiger partial charge in [-0.2, -0.15) is 23.3 Å². The Morgan fingerprint density at radius 3 is 2.45 bits per heavy atom. The number of ether oxygens (including phenoxy) is 1. The van der Waals surface area contributed by atoms with Crippen LogP contribution in [0.15, 0.2) is 29.4 Å². The van der Waals surface area contributed by atoms with Crippen molar-refractivity contribution in [3.8, 4) is 5.75 Å². The Labute approximate surface area is 166 Å². The highest BCUT2D eigenvalue weighted by Gasteiger charge is 2.63. The molecule has 160 valence electrons. The molecule has 1 heterocycles. The number of benzene rings is 1. The van der Waals surface area contributed by atoms with Crippen LogP contribution in [-0.4, -0.2) is 46.7 Å². The first-order valence-electron chi connectivity index (χ1n) is 9.27. The van der Waals surface area contributed by atoms with Crippen molar-refractivity contribution in [2.45, 2.75) is 57.3 Å². The number of hydrogen-bond donors (Lipinski definition) is 2. The van der Waals surface area contributed by atoms with E-state index in [1.165, 1.54) is 31.4 Å². The number of anilines is 1. The number of rotatable bonds is 7. The Hall–Kier alpha value is -2.62.